The van der Waals surface area contributed by atoms with Crippen LogP contribution in [-0.4, -0.2) is 0 Å². The summed E-state index contributed by atoms with van der Waals surface area (Å²) in [6, 6.07) is 10.3. The van der Waals surface area contributed by atoms with E-state index in [-0.39, 0.29) is 11.4 Å². The Morgan fingerprint density at radius 2 is 1.81 bits per heavy atom. The number of rotatable bonds is 2. The van der Waals surface area contributed by atoms with Crippen LogP contribution in [0.4, 0.5) is 4.39 Å². The van der Waals surface area contributed by atoms with Crippen LogP contribution in [0.15, 0.2) is 45.3 Å². The van der Waals surface area contributed by atoms with Crippen LogP contribution in [-0.2, 0) is 0 Å². The summed E-state index contributed by atoms with van der Waals surface area (Å²) >= 11 is 3.54. The van der Waals surface area contributed by atoms with Gasteiger partial charge in [0.2, 0.25) is 0 Å². The molecule has 0 aliphatic heterocycles. The summed E-state index contributed by atoms with van der Waals surface area (Å²) in [6.45, 7) is 4.04. The second kappa shape index (κ2) is 5.28. The van der Waals surface area contributed by atoms with Crippen LogP contribution in [0.1, 0.15) is 28.5 Å². The second-order valence-electron chi connectivity index (χ2n) is 5.25. The lowest BCUT2D eigenvalue weighted by Gasteiger charge is -2.13. The summed E-state index contributed by atoms with van der Waals surface area (Å²) < 4.78 is 20.4. The van der Waals surface area contributed by atoms with Gasteiger partial charge in [-0.1, -0.05) is 40.2 Å². The Hall–Kier alpha value is -1.65. The highest BCUT2D eigenvalue weighted by molar-refractivity contribution is 9.10. The van der Waals surface area contributed by atoms with E-state index >= 15 is 0 Å². The van der Waals surface area contributed by atoms with Gasteiger partial charge in [0.25, 0.3) is 0 Å². The molecule has 0 bridgehead atoms. The minimum atomic E-state index is -0.415. The fourth-order valence-corrected chi connectivity index (χ4v) is 2.75. The van der Waals surface area contributed by atoms with E-state index < -0.39 is 6.04 Å². The maximum atomic E-state index is 13.7. The second-order valence-corrected chi connectivity index (χ2v) is 6.05. The number of hydrogen-bond donors (Lipinski definition) is 1. The number of nitrogens with two attached hydrogens (primary N) is 1. The third-order valence-corrected chi connectivity index (χ3v) is 4.89. The van der Waals surface area contributed by atoms with Crippen molar-refractivity contribution in [2.24, 2.45) is 5.73 Å². The van der Waals surface area contributed by atoms with Gasteiger partial charge in [-0.25, -0.2) is 4.39 Å². The van der Waals surface area contributed by atoms with Gasteiger partial charge >= 0.3 is 0 Å². The first-order valence-electron chi connectivity index (χ1n) is 6.67. The average Bonchev–Trinajstić information content (AvgIpc) is 2.89. The SMILES string of the molecule is Cc1cc(C(N)c2cc3cccc(F)c3o2)cc(C)c1Br. The molecule has 1 unspecified atom stereocenters. The molecule has 1 aromatic heterocycles. The fourth-order valence-electron chi connectivity index (χ4n) is 2.52. The highest BCUT2D eigenvalue weighted by Crippen LogP contribution is 2.31. The molecule has 0 aliphatic rings. The van der Waals surface area contributed by atoms with Gasteiger partial charge in [-0.05, 0) is 42.7 Å². The molecule has 3 aromatic rings. The lowest BCUT2D eigenvalue weighted by atomic mass is 10.0. The van der Waals surface area contributed by atoms with Gasteiger partial charge in [0.05, 0.1) is 6.04 Å². The van der Waals surface area contributed by atoms with Gasteiger partial charge < -0.3 is 10.2 Å². The van der Waals surface area contributed by atoms with Crippen LogP contribution in [0.3, 0.4) is 0 Å². The first-order chi connectivity index (χ1) is 9.97. The number of halogens is 2. The molecule has 0 radical (unpaired) electrons. The predicted molar refractivity (Wildman–Crippen MR) is 85.8 cm³/mol. The smallest absolute Gasteiger partial charge is 0.169 e. The van der Waals surface area contributed by atoms with Gasteiger partial charge in [0.1, 0.15) is 5.76 Å². The first-order valence-corrected chi connectivity index (χ1v) is 7.47. The fraction of sp³-hybridized carbons (Fsp3) is 0.176. The maximum absolute atomic E-state index is 13.7. The van der Waals surface area contributed by atoms with Crippen molar-refractivity contribution in [3.63, 3.8) is 0 Å². The molecular formula is C17H15BrFNO. The Bertz CT molecular complexity index is 802. The summed E-state index contributed by atoms with van der Waals surface area (Å²) in [6.07, 6.45) is 0. The molecule has 4 heteroatoms. The van der Waals surface area contributed by atoms with E-state index in [1.165, 1.54) is 6.07 Å². The van der Waals surface area contributed by atoms with E-state index in [9.17, 15) is 4.39 Å². The molecule has 3 rings (SSSR count). The van der Waals surface area contributed by atoms with Crippen molar-refractivity contribution in [1.29, 1.82) is 0 Å². The van der Waals surface area contributed by atoms with Gasteiger partial charge in [-0.15, -0.1) is 0 Å². The zero-order valence-corrected chi connectivity index (χ0v) is 13.4. The molecule has 0 aliphatic carbocycles. The topological polar surface area (TPSA) is 39.2 Å². The molecule has 0 amide bonds. The highest BCUT2D eigenvalue weighted by Gasteiger charge is 2.17. The minimum absolute atomic E-state index is 0.258. The van der Waals surface area contributed by atoms with Crippen LogP contribution in [0.5, 0.6) is 0 Å². The molecule has 1 heterocycles. The number of para-hydroxylation sites is 1. The Morgan fingerprint density at radius 3 is 2.43 bits per heavy atom. The van der Waals surface area contributed by atoms with Crippen molar-refractivity contribution in [2.45, 2.75) is 19.9 Å². The summed E-state index contributed by atoms with van der Waals surface area (Å²) in [5, 5.41) is 0.728. The molecule has 1 atom stereocenters. The Morgan fingerprint density at radius 1 is 1.14 bits per heavy atom. The number of hydrogen-bond acceptors (Lipinski definition) is 2. The number of aryl methyl sites for hydroxylation is 2. The van der Waals surface area contributed by atoms with Gasteiger partial charge in [-0.3, -0.25) is 0 Å². The first kappa shape index (κ1) is 14.3. The Labute approximate surface area is 130 Å². The van der Waals surface area contributed by atoms with Crippen molar-refractivity contribution in [1.82, 2.24) is 0 Å². The molecule has 0 fully saturated rings. The van der Waals surface area contributed by atoms with E-state index in [1.807, 2.05) is 32.0 Å². The molecule has 2 aromatic carbocycles. The number of benzene rings is 2. The molecule has 0 saturated heterocycles. The van der Waals surface area contributed by atoms with Crippen LogP contribution in [0.25, 0.3) is 11.0 Å². The van der Waals surface area contributed by atoms with Crippen LogP contribution in [0, 0.1) is 19.7 Å². The molecule has 108 valence electrons. The van der Waals surface area contributed by atoms with Crippen molar-refractivity contribution < 1.29 is 8.81 Å². The third-order valence-electron chi connectivity index (χ3n) is 3.64. The van der Waals surface area contributed by atoms with Crippen molar-refractivity contribution in [3.8, 4) is 0 Å². The Balaban J connectivity index is 2.08. The largest absolute Gasteiger partial charge is 0.456 e. The zero-order valence-electron chi connectivity index (χ0n) is 11.8. The highest BCUT2D eigenvalue weighted by atomic mass is 79.9. The van der Waals surface area contributed by atoms with E-state index in [1.54, 1.807) is 12.1 Å². The normalized spacial score (nSPS) is 12.8. The molecule has 0 spiro atoms. The van der Waals surface area contributed by atoms with Gasteiger partial charge in [-0.2, -0.15) is 0 Å². The Kier molecular flexibility index (Phi) is 3.59. The molecular weight excluding hydrogens is 333 g/mol. The number of fused-ring (bicyclic) bond motifs is 1. The summed E-state index contributed by atoms with van der Waals surface area (Å²) in [4.78, 5) is 0. The van der Waals surface area contributed by atoms with Crippen molar-refractivity contribution in [2.75, 3.05) is 0 Å². The summed E-state index contributed by atoms with van der Waals surface area (Å²) in [7, 11) is 0. The van der Waals surface area contributed by atoms with E-state index in [0.717, 1.165) is 26.5 Å². The standard InChI is InChI=1S/C17H15BrFNO/c1-9-6-12(7-10(2)15(9)18)16(20)14-8-11-4-3-5-13(19)17(11)21-14/h3-8,16H,20H2,1-2H3. The van der Waals surface area contributed by atoms with Crippen LogP contribution in [0.2, 0.25) is 0 Å². The molecule has 21 heavy (non-hydrogen) atoms. The van der Waals surface area contributed by atoms with E-state index in [2.05, 4.69) is 15.9 Å². The summed E-state index contributed by atoms with van der Waals surface area (Å²) in [5.74, 6) is 0.199. The third kappa shape index (κ3) is 2.49. The van der Waals surface area contributed by atoms with Crippen LogP contribution >= 0.6 is 15.9 Å². The van der Waals surface area contributed by atoms with E-state index in [0.29, 0.717) is 5.76 Å². The van der Waals surface area contributed by atoms with Crippen molar-refractivity contribution >= 4 is 26.9 Å². The molecule has 2 nitrogen and oxygen atoms in total. The quantitative estimate of drug-likeness (QED) is 0.708. The van der Waals surface area contributed by atoms with Crippen molar-refractivity contribution in [3.05, 3.63) is 69.1 Å². The average molecular weight is 348 g/mol. The number of furan rings is 1. The van der Waals surface area contributed by atoms with E-state index in [4.69, 9.17) is 10.2 Å². The molecule has 0 saturated carbocycles. The maximum Gasteiger partial charge on any atom is 0.169 e. The monoisotopic (exact) mass is 347 g/mol. The lowest BCUT2D eigenvalue weighted by molar-refractivity contribution is 0.502. The lowest BCUT2D eigenvalue weighted by Crippen LogP contribution is -2.11. The van der Waals surface area contributed by atoms with Gasteiger partial charge in [0.15, 0.2) is 11.4 Å². The van der Waals surface area contributed by atoms with Gasteiger partial charge in [0, 0.05) is 9.86 Å². The zero-order chi connectivity index (χ0) is 15.1. The predicted octanol–water partition coefficient (Wildman–Crippen LogP) is 5.00. The minimum Gasteiger partial charge on any atom is -0.456 e. The summed E-state index contributed by atoms with van der Waals surface area (Å²) in [5.41, 5.74) is 9.72. The van der Waals surface area contributed by atoms with Crippen LogP contribution < -0.4 is 5.73 Å². The molecule has 2 N–H and O–H groups in total.